The van der Waals surface area contributed by atoms with Crippen molar-refractivity contribution >= 4 is 5.91 Å². The van der Waals surface area contributed by atoms with E-state index in [9.17, 15) is 18.0 Å². The van der Waals surface area contributed by atoms with Crippen LogP contribution in [0, 0.1) is 17.8 Å². The van der Waals surface area contributed by atoms with Crippen LogP contribution in [0.1, 0.15) is 46.0 Å². The Balaban J connectivity index is 2.72. The van der Waals surface area contributed by atoms with E-state index >= 15 is 0 Å². The summed E-state index contributed by atoms with van der Waals surface area (Å²) in [6, 6.07) is -0.275. The fraction of sp³-hybridized carbons (Fsp3) is 0.929. The number of carbonyl (C=O) groups excluding carboxylic acids is 1. The number of halogens is 3. The Bertz CT molecular complexity index is 318. The van der Waals surface area contributed by atoms with Gasteiger partial charge in [-0.15, -0.1) is 0 Å². The summed E-state index contributed by atoms with van der Waals surface area (Å²) in [5.41, 5.74) is 0. The van der Waals surface area contributed by atoms with Crippen LogP contribution in [0.3, 0.4) is 0 Å². The largest absolute Gasteiger partial charge is 0.396 e. The number of carbonyl (C=O) groups is 1. The van der Waals surface area contributed by atoms with Crippen molar-refractivity contribution in [3.05, 3.63) is 0 Å². The topological polar surface area (TPSA) is 49.3 Å². The van der Waals surface area contributed by atoms with E-state index < -0.39 is 23.9 Å². The van der Waals surface area contributed by atoms with Gasteiger partial charge in [0.2, 0.25) is 5.91 Å². The van der Waals surface area contributed by atoms with Gasteiger partial charge in [-0.25, -0.2) is 0 Å². The van der Waals surface area contributed by atoms with Gasteiger partial charge in [0.25, 0.3) is 0 Å². The van der Waals surface area contributed by atoms with Crippen molar-refractivity contribution in [3.63, 3.8) is 0 Å². The van der Waals surface area contributed by atoms with E-state index in [4.69, 9.17) is 5.11 Å². The first-order valence-electron chi connectivity index (χ1n) is 7.25. The molecule has 6 heteroatoms. The molecule has 0 radical (unpaired) electrons. The van der Waals surface area contributed by atoms with Gasteiger partial charge in [-0.2, -0.15) is 13.2 Å². The zero-order valence-corrected chi connectivity index (χ0v) is 12.0. The van der Waals surface area contributed by atoms with Crippen LogP contribution < -0.4 is 5.32 Å². The zero-order chi connectivity index (χ0) is 15.3. The summed E-state index contributed by atoms with van der Waals surface area (Å²) in [4.78, 5) is 12.2. The summed E-state index contributed by atoms with van der Waals surface area (Å²) >= 11 is 0. The van der Waals surface area contributed by atoms with Crippen LogP contribution in [0.2, 0.25) is 0 Å². The molecule has 0 aromatic heterocycles. The predicted octanol–water partition coefficient (Wildman–Crippen LogP) is 2.88. The highest BCUT2D eigenvalue weighted by Gasteiger charge is 2.48. The normalized spacial score (nSPS) is 25.6. The number of aliphatic hydroxyl groups excluding tert-OH is 1. The lowest BCUT2D eigenvalue weighted by atomic mass is 9.78. The number of hydrogen-bond donors (Lipinski definition) is 2. The molecular formula is C14H24F3NO2. The molecule has 0 spiro atoms. The Morgan fingerprint density at radius 3 is 2.40 bits per heavy atom. The first-order valence-corrected chi connectivity index (χ1v) is 7.25. The van der Waals surface area contributed by atoms with Crippen LogP contribution in [-0.2, 0) is 4.79 Å². The molecule has 1 fully saturated rings. The highest BCUT2D eigenvalue weighted by atomic mass is 19.4. The van der Waals surface area contributed by atoms with E-state index in [1.165, 1.54) is 0 Å². The van der Waals surface area contributed by atoms with Crippen molar-refractivity contribution in [1.29, 1.82) is 0 Å². The fourth-order valence-corrected chi connectivity index (χ4v) is 2.84. The van der Waals surface area contributed by atoms with Crippen LogP contribution >= 0.6 is 0 Å². The van der Waals surface area contributed by atoms with E-state index in [1.807, 2.05) is 13.8 Å². The molecule has 118 valence electrons. The fourth-order valence-electron chi connectivity index (χ4n) is 2.84. The van der Waals surface area contributed by atoms with Crippen molar-refractivity contribution < 1.29 is 23.1 Å². The molecular weight excluding hydrogens is 271 g/mol. The second kappa shape index (κ2) is 7.29. The van der Waals surface area contributed by atoms with Crippen molar-refractivity contribution in [1.82, 2.24) is 5.32 Å². The Hall–Kier alpha value is -0.780. The Morgan fingerprint density at radius 1 is 1.30 bits per heavy atom. The van der Waals surface area contributed by atoms with Gasteiger partial charge in [0.05, 0.1) is 5.92 Å². The monoisotopic (exact) mass is 295 g/mol. The summed E-state index contributed by atoms with van der Waals surface area (Å²) in [7, 11) is 0. The zero-order valence-electron chi connectivity index (χ0n) is 12.0. The minimum absolute atomic E-state index is 0.0356. The maximum absolute atomic E-state index is 13.0. The van der Waals surface area contributed by atoms with Crippen molar-refractivity contribution in [2.75, 3.05) is 6.61 Å². The van der Waals surface area contributed by atoms with Gasteiger partial charge in [0, 0.05) is 18.6 Å². The number of rotatable bonds is 5. The average molecular weight is 295 g/mol. The predicted molar refractivity (Wildman–Crippen MR) is 70.0 cm³/mol. The maximum atomic E-state index is 13.0. The lowest BCUT2D eigenvalue weighted by Crippen LogP contribution is -2.47. The quantitative estimate of drug-likeness (QED) is 0.819. The highest BCUT2D eigenvalue weighted by Crippen LogP contribution is 2.41. The molecule has 2 N–H and O–H groups in total. The summed E-state index contributed by atoms with van der Waals surface area (Å²) in [5.74, 6) is -2.94. The molecule has 1 aliphatic carbocycles. The van der Waals surface area contributed by atoms with Crippen LogP contribution in [0.4, 0.5) is 13.2 Å². The lowest BCUT2D eigenvalue weighted by molar-refractivity contribution is -0.198. The minimum Gasteiger partial charge on any atom is -0.396 e. The minimum atomic E-state index is -4.31. The molecule has 1 aliphatic rings. The van der Waals surface area contributed by atoms with E-state index in [0.29, 0.717) is 25.7 Å². The molecule has 0 aromatic carbocycles. The third-order valence-corrected chi connectivity index (χ3v) is 4.10. The standard InChI is InChI=1S/C14H24F3NO2/c1-9(2)12(7-8-19)18-13(20)10-5-3-4-6-11(10)14(15,16)17/h9-12,19H,3-8H2,1-2H3,(H,18,20). The van der Waals surface area contributed by atoms with E-state index in [1.54, 1.807) is 0 Å². The van der Waals surface area contributed by atoms with Crippen LogP contribution in [0.5, 0.6) is 0 Å². The summed E-state index contributed by atoms with van der Waals surface area (Å²) < 4.78 is 38.9. The third kappa shape index (κ3) is 4.65. The van der Waals surface area contributed by atoms with Crippen molar-refractivity contribution in [2.24, 2.45) is 17.8 Å². The van der Waals surface area contributed by atoms with Crippen LogP contribution in [0.15, 0.2) is 0 Å². The molecule has 0 aliphatic heterocycles. The number of nitrogens with one attached hydrogen (secondary N) is 1. The van der Waals surface area contributed by atoms with Gasteiger partial charge < -0.3 is 10.4 Å². The molecule has 3 unspecified atom stereocenters. The SMILES string of the molecule is CC(C)C(CCO)NC(=O)C1CCCCC1C(F)(F)F. The Morgan fingerprint density at radius 2 is 1.90 bits per heavy atom. The van der Waals surface area contributed by atoms with Crippen LogP contribution in [-0.4, -0.2) is 29.8 Å². The van der Waals surface area contributed by atoms with E-state index in [-0.39, 0.29) is 25.0 Å². The molecule has 0 aromatic rings. The third-order valence-electron chi connectivity index (χ3n) is 4.10. The first-order chi connectivity index (χ1) is 9.27. The van der Waals surface area contributed by atoms with Gasteiger partial charge in [-0.1, -0.05) is 26.7 Å². The molecule has 0 bridgehead atoms. The summed E-state index contributed by atoms with van der Waals surface area (Å²) in [5, 5.41) is 11.6. The smallest absolute Gasteiger partial charge is 0.392 e. The molecule has 1 rings (SSSR count). The van der Waals surface area contributed by atoms with Gasteiger partial charge in [0.15, 0.2) is 0 Å². The number of amides is 1. The Kier molecular flexibility index (Phi) is 6.30. The number of alkyl halides is 3. The van der Waals surface area contributed by atoms with Gasteiger partial charge >= 0.3 is 6.18 Å². The lowest BCUT2D eigenvalue weighted by Gasteiger charge is -2.33. The maximum Gasteiger partial charge on any atom is 0.392 e. The van der Waals surface area contributed by atoms with Gasteiger partial charge in [0.1, 0.15) is 0 Å². The number of aliphatic hydroxyl groups is 1. The molecule has 0 heterocycles. The molecule has 3 atom stereocenters. The molecule has 0 saturated heterocycles. The molecule has 1 saturated carbocycles. The van der Waals surface area contributed by atoms with Gasteiger partial charge in [-0.05, 0) is 25.2 Å². The Labute approximate surface area is 117 Å². The average Bonchev–Trinajstić information content (AvgIpc) is 2.37. The van der Waals surface area contributed by atoms with Gasteiger partial charge in [-0.3, -0.25) is 4.79 Å². The highest BCUT2D eigenvalue weighted by molar-refractivity contribution is 5.79. The second-order valence-electron chi connectivity index (χ2n) is 5.91. The van der Waals surface area contributed by atoms with Crippen LogP contribution in [0.25, 0.3) is 0 Å². The summed E-state index contributed by atoms with van der Waals surface area (Å²) in [6.45, 7) is 3.67. The van der Waals surface area contributed by atoms with Crippen molar-refractivity contribution in [3.8, 4) is 0 Å². The summed E-state index contributed by atoms with van der Waals surface area (Å²) in [6.07, 6.45) is -2.43. The first kappa shape index (κ1) is 17.3. The van der Waals surface area contributed by atoms with E-state index in [2.05, 4.69) is 5.32 Å². The molecule has 20 heavy (non-hydrogen) atoms. The van der Waals surface area contributed by atoms with E-state index in [0.717, 1.165) is 0 Å². The second-order valence-corrected chi connectivity index (χ2v) is 5.91. The number of hydrogen-bond acceptors (Lipinski definition) is 2. The van der Waals surface area contributed by atoms with Crippen molar-refractivity contribution in [2.45, 2.75) is 58.2 Å². The molecule has 1 amide bonds. The molecule has 3 nitrogen and oxygen atoms in total.